The van der Waals surface area contributed by atoms with Gasteiger partial charge in [0.15, 0.2) is 0 Å². The van der Waals surface area contributed by atoms with E-state index in [1.165, 1.54) is 0 Å². The van der Waals surface area contributed by atoms with Crippen molar-refractivity contribution in [1.29, 1.82) is 0 Å². The molecule has 1 N–H and O–H groups in total. The van der Waals surface area contributed by atoms with Gasteiger partial charge in [0.1, 0.15) is 11.5 Å². The van der Waals surface area contributed by atoms with E-state index in [4.69, 9.17) is 14.6 Å². The first-order chi connectivity index (χ1) is 7.63. The number of hydrogen-bond acceptors (Lipinski definition) is 3. The molecule has 1 aromatic rings. The molecule has 0 aromatic heterocycles. The Morgan fingerprint density at radius 2 is 1.88 bits per heavy atom. The van der Waals surface area contributed by atoms with Crippen LogP contribution in [-0.4, -0.2) is 24.8 Å². The fraction of sp³-hybridized carbons (Fsp3) is 0.417. The summed E-state index contributed by atoms with van der Waals surface area (Å²) >= 11 is 0. The Bertz CT molecular complexity index is 331. The summed E-state index contributed by atoms with van der Waals surface area (Å²) in [5.41, 5.74) is 0. The molecule has 1 unspecified atom stereocenters. The Balaban J connectivity index is 2.34. The highest BCUT2D eigenvalue weighted by molar-refractivity contribution is 5.69. The molecular formula is C12H16O4. The number of carbonyl (C=O) groups is 1. The van der Waals surface area contributed by atoms with Crippen molar-refractivity contribution < 1.29 is 19.4 Å². The van der Waals surface area contributed by atoms with Gasteiger partial charge in [-0.3, -0.25) is 4.79 Å². The highest BCUT2D eigenvalue weighted by Gasteiger charge is 2.10. The van der Waals surface area contributed by atoms with Crippen LogP contribution in [0, 0.1) is 5.92 Å². The molecule has 1 rings (SSSR count). The third-order valence-electron chi connectivity index (χ3n) is 2.30. The zero-order valence-corrected chi connectivity index (χ0v) is 9.47. The van der Waals surface area contributed by atoms with Gasteiger partial charge in [-0.15, -0.1) is 0 Å². The average Bonchev–Trinajstić information content (AvgIpc) is 2.29. The quantitative estimate of drug-likeness (QED) is 0.804. The van der Waals surface area contributed by atoms with Crippen LogP contribution in [0.15, 0.2) is 24.3 Å². The monoisotopic (exact) mass is 224 g/mol. The number of benzene rings is 1. The summed E-state index contributed by atoms with van der Waals surface area (Å²) in [5, 5.41) is 8.68. The predicted octanol–water partition coefficient (Wildman–Crippen LogP) is 2.18. The maximum absolute atomic E-state index is 10.6. The second kappa shape index (κ2) is 6.00. The number of aliphatic carboxylic acids is 1. The molecule has 0 heterocycles. The van der Waals surface area contributed by atoms with E-state index < -0.39 is 5.97 Å². The van der Waals surface area contributed by atoms with E-state index >= 15 is 0 Å². The summed E-state index contributed by atoms with van der Waals surface area (Å²) in [6.45, 7) is 2.07. The van der Waals surface area contributed by atoms with Gasteiger partial charge in [-0.1, -0.05) is 6.92 Å². The van der Waals surface area contributed by atoms with Crippen LogP contribution in [-0.2, 0) is 4.79 Å². The summed E-state index contributed by atoms with van der Waals surface area (Å²) < 4.78 is 10.4. The Hall–Kier alpha value is -1.71. The number of carboxylic acids is 1. The molecule has 0 saturated carbocycles. The predicted molar refractivity (Wildman–Crippen MR) is 59.9 cm³/mol. The van der Waals surface area contributed by atoms with Gasteiger partial charge in [0.25, 0.3) is 0 Å². The summed E-state index contributed by atoms with van der Waals surface area (Å²) in [6.07, 6.45) is 0.501. The molecule has 88 valence electrons. The summed E-state index contributed by atoms with van der Waals surface area (Å²) in [7, 11) is 1.60. The minimum absolute atomic E-state index is 0.377. The fourth-order valence-corrected chi connectivity index (χ4v) is 1.15. The molecule has 0 bridgehead atoms. The lowest BCUT2D eigenvalue weighted by molar-refractivity contribution is -0.141. The highest BCUT2D eigenvalue weighted by atomic mass is 16.5. The van der Waals surface area contributed by atoms with Gasteiger partial charge in [-0.05, 0) is 30.7 Å². The molecular weight excluding hydrogens is 208 g/mol. The molecule has 0 aliphatic carbocycles. The maximum atomic E-state index is 10.6. The third kappa shape index (κ3) is 3.81. The molecule has 0 saturated heterocycles. The first-order valence-corrected chi connectivity index (χ1v) is 5.13. The lowest BCUT2D eigenvalue weighted by atomic mass is 10.1. The van der Waals surface area contributed by atoms with E-state index in [9.17, 15) is 4.79 Å². The SMILES string of the molecule is COc1ccc(OCCC(C)C(=O)O)cc1. The normalized spacial score (nSPS) is 11.9. The van der Waals surface area contributed by atoms with Gasteiger partial charge in [0.05, 0.1) is 19.6 Å². The molecule has 0 fully saturated rings. The van der Waals surface area contributed by atoms with E-state index in [1.54, 1.807) is 38.3 Å². The number of methoxy groups -OCH3 is 1. The molecule has 1 aromatic carbocycles. The van der Waals surface area contributed by atoms with Crippen LogP contribution < -0.4 is 9.47 Å². The van der Waals surface area contributed by atoms with Crippen molar-refractivity contribution >= 4 is 5.97 Å². The number of ether oxygens (including phenoxy) is 2. The zero-order valence-electron chi connectivity index (χ0n) is 9.47. The second-order valence-electron chi connectivity index (χ2n) is 3.55. The van der Waals surface area contributed by atoms with Crippen LogP contribution in [0.1, 0.15) is 13.3 Å². The van der Waals surface area contributed by atoms with Crippen LogP contribution in [0.4, 0.5) is 0 Å². The summed E-state index contributed by atoms with van der Waals surface area (Å²) in [6, 6.07) is 7.19. The van der Waals surface area contributed by atoms with E-state index in [2.05, 4.69) is 0 Å². The molecule has 0 aliphatic heterocycles. The second-order valence-corrected chi connectivity index (χ2v) is 3.55. The Morgan fingerprint density at radius 1 is 1.31 bits per heavy atom. The van der Waals surface area contributed by atoms with Gasteiger partial charge in [-0.2, -0.15) is 0 Å². The van der Waals surface area contributed by atoms with Crippen molar-refractivity contribution in [1.82, 2.24) is 0 Å². The van der Waals surface area contributed by atoms with Crippen LogP contribution in [0.5, 0.6) is 11.5 Å². The van der Waals surface area contributed by atoms with E-state index in [-0.39, 0.29) is 5.92 Å². The highest BCUT2D eigenvalue weighted by Crippen LogP contribution is 2.17. The van der Waals surface area contributed by atoms with Gasteiger partial charge in [0.2, 0.25) is 0 Å². The third-order valence-corrected chi connectivity index (χ3v) is 2.30. The zero-order chi connectivity index (χ0) is 12.0. The van der Waals surface area contributed by atoms with Crippen molar-refractivity contribution in [2.24, 2.45) is 5.92 Å². The molecule has 0 radical (unpaired) electrons. The molecule has 1 atom stereocenters. The number of hydrogen-bond donors (Lipinski definition) is 1. The molecule has 0 aliphatic rings. The van der Waals surface area contributed by atoms with Gasteiger partial charge >= 0.3 is 5.97 Å². The van der Waals surface area contributed by atoms with Crippen LogP contribution in [0.25, 0.3) is 0 Å². The first-order valence-electron chi connectivity index (χ1n) is 5.13. The molecule has 0 amide bonds. The van der Waals surface area contributed by atoms with Gasteiger partial charge in [-0.25, -0.2) is 0 Å². The van der Waals surface area contributed by atoms with Gasteiger partial charge < -0.3 is 14.6 Å². The Kier molecular flexibility index (Phi) is 4.64. The van der Waals surface area contributed by atoms with E-state index in [0.29, 0.717) is 13.0 Å². The summed E-state index contributed by atoms with van der Waals surface area (Å²) in [5.74, 6) is 0.321. The van der Waals surface area contributed by atoms with Crippen molar-refractivity contribution in [2.45, 2.75) is 13.3 Å². The fourth-order valence-electron chi connectivity index (χ4n) is 1.15. The largest absolute Gasteiger partial charge is 0.497 e. The van der Waals surface area contributed by atoms with Crippen LogP contribution in [0.2, 0.25) is 0 Å². The van der Waals surface area contributed by atoms with E-state index in [1.807, 2.05) is 0 Å². The lowest BCUT2D eigenvalue weighted by Crippen LogP contribution is -2.13. The smallest absolute Gasteiger partial charge is 0.306 e. The minimum atomic E-state index is -0.793. The van der Waals surface area contributed by atoms with Crippen molar-refractivity contribution in [3.8, 4) is 11.5 Å². The van der Waals surface area contributed by atoms with Crippen LogP contribution >= 0.6 is 0 Å². The van der Waals surface area contributed by atoms with Crippen molar-refractivity contribution in [3.63, 3.8) is 0 Å². The molecule has 4 nitrogen and oxygen atoms in total. The number of rotatable bonds is 6. The molecule has 0 spiro atoms. The first kappa shape index (κ1) is 12.4. The topological polar surface area (TPSA) is 55.8 Å². The van der Waals surface area contributed by atoms with Gasteiger partial charge in [0, 0.05) is 0 Å². The lowest BCUT2D eigenvalue weighted by Gasteiger charge is -2.08. The van der Waals surface area contributed by atoms with Crippen LogP contribution in [0.3, 0.4) is 0 Å². The average molecular weight is 224 g/mol. The Morgan fingerprint density at radius 3 is 2.38 bits per heavy atom. The van der Waals surface area contributed by atoms with Crippen molar-refractivity contribution in [3.05, 3.63) is 24.3 Å². The maximum Gasteiger partial charge on any atom is 0.306 e. The van der Waals surface area contributed by atoms with Crippen molar-refractivity contribution in [2.75, 3.05) is 13.7 Å². The number of carboxylic acid groups (broad SMARTS) is 1. The molecule has 4 heteroatoms. The van der Waals surface area contributed by atoms with E-state index in [0.717, 1.165) is 11.5 Å². The standard InChI is InChI=1S/C12H16O4/c1-9(12(13)14)7-8-16-11-5-3-10(15-2)4-6-11/h3-6,9H,7-8H2,1-2H3,(H,13,14). The summed E-state index contributed by atoms with van der Waals surface area (Å²) in [4.78, 5) is 10.6. The minimum Gasteiger partial charge on any atom is -0.497 e. The Labute approximate surface area is 94.8 Å². The molecule has 16 heavy (non-hydrogen) atoms.